The standard InChI is InChI=1S/C25H15NO9.C22H15NO6.C4H5NO3/c27-13-2-5-17-19(10-13)33-20-11-14(28)3-6-18(20)25(17)16-4-1-12(9-15(16)24(32)34-25)23(31)35-26-21(29)7-8-22(26)30;1-23-20(26)11-2-5-15-14(8-11)21(27)29-22(15)16-6-3-12(24)9-18(16)28-19-10-13(25)4-7-17(19)22;6-3-1-2-4(7)5(3)8/h1-6,9-11,27-28H,7-8H2;2-10,24-25H,1H3,(H,23,26);8H,1-2H2. The summed E-state index contributed by atoms with van der Waals surface area (Å²) in [5, 5.41) is 51.3. The number of imide groups is 2. The summed E-state index contributed by atoms with van der Waals surface area (Å²) in [5.41, 5.74) is 0.711. The summed E-state index contributed by atoms with van der Waals surface area (Å²) < 4.78 is 23.6. The molecule has 21 heteroatoms. The van der Waals surface area contributed by atoms with E-state index in [1.807, 2.05) is 0 Å². The van der Waals surface area contributed by atoms with Crippen LogP contribution in [-0.4, -0.2) is 90.3 Å². The molecule has 6 aromatic rings. The maximum absolute atomic E-state index is 13.1. The predicted molar refractivity (Wildman–Crippen MR) is 239 cm³/mol. The zero-order valence-corrected chi connectivity index (χ0v) is 37.2. The number of ether oxygens (including phenoxy) is 4. The first kappa shape index (κ1) is 46.0. The molecule has 21 nitrogen and oxygen atoms in total. The second-order valence-electron chi connectivity index (χ2n) is 16.7. The number of phenolic OH excluding ortho intramolecular Hbond substituents is 4. The molecule has 6 N–H and O–H groups in total. The molecule has 0 atom stereocenters. The predicted octanol–water partition coefficient (Wildman–Crippen LogP) is 5.44. The average Bonchev–Trinajstić information content (AvgIpc) is 4.04. The number of amides is 5. The molecule has 6 aliphatic rings. The Balaban J connectivity index is 0.000000145. The van der Waals surface area contributed by atoms with Gasteiger partial charge in [-0.3, -0.25) is 29.2 Å². The van der Waals surface area contributed by atoms with Gasteiger partial charge in [0, 0.05) is 95.9 Å². The number of hydrogen-bond donors (Lipinski definition) is 6. The largest absolute Gasteiger partial charge is 0.508 e. The maximum Gasteiger partial charge on any atom is 0.363 e. The molecule has 0 unspecified atom stereocenters. The molecule has 6 aromatic carbocycles. The molecule has 0 radical (unpaired) electrons. The molecule has 2 fully saturated rings. The number of phenols is 4. The van der Waals surface area contributed by atoms with Crippen LogP contribution in [0, 0.1) is 0 Å². The Morgan fingerprint density at radius 2 is 0.847 bits per heavy atom. The number of hydrogen-bond acceptors (Lipinski definition) is 18. The normalized spacial score (nSPS) is 16.5. The highest BCUT2D eigenvalue weighted by Crippen LogP contribution is 2.59. The summed E-state index contributed by atoms with van der Waals surface area (Å²) in [5.74, 6) is -3.98. The highest BCUT2D eigenvalue weighted by Gasteiger charge is 2.55. The van der Waals surface area contributed by atoms with Gasteiger partial charge in [-0.05, 0) is 72.8 Å². The fourth-order valence-corrected chi connectivity index (χ4v) is 9.18. The molecule has 72 heavy (non-hydrogen) atoms. The maximum atomic E-state index is 13.1. The Morgan fingerprint density at radius 3 is 1.21 bits per heavy atom. The minimum atomic E-state index is -1.47. The quantitative estimate of drug-likeness (QED) is 0.0731. The van der Waals surface area contributed by atoms with E-state index >= 15 is 0 Å². The van der Waals surface area contributed by atoms with E-state index in [9.17, 15) is 58.8 Å². The van der Waals surface area contributed by atoms with Gasteiger partial charge in [-0.25, -0.2) is 14.4 Å². The Morgan fingerprint density at radius 1 is 0.500 bits per heavy atom. The SMILES string of the molecule is CNC(=O)c1ccc2c(c1)C(=O)OC21c2ccc(O)cc2Oc2cc(O)ccc21.O=C(ON1C(=O)CCC1=O)c1ccc2c(c1)C(=O)OC21c2ccc(O)cc2Oc2cc(O)ccc21.O=C1CCC(=O)N1O. The molecular formula is C51H35N3O18. The second-order valence-corrected chi connectivity index (χ2v) is 16.7. The van der Waals surface area contributed by atoms with E-state index in [4.69, 9.17) is 29.0 Å². The molecule has 5 amide bonds. The van der Waals surface area contributed by atoms with E-state index in [-0.39, 0.29) is 87.8 Å². The van der Waals surface area contributed by atoms with Gasteiger partial charge in [-0.1, -0.05) is 12.1 Å². The van der Waals surface area contributed by atoms with E-state index in [2.05, 4.69) is 5.32 Å². The van der Waals surface area contributed by atoms with Crippen LogP contribution in [0.4, 0.5) is 0 Å². The number of fused-ring (bicyclic) bond motifs is 12. The minimum Gasteiger partial charge on any atom is -0.508 e. The molecule has 2 spiro atoms. The molecule has 0 saturated carbocycles. The van der Waals surface area contributed by atoms with E-state index in [0.717, 1.165) is 0 Å². The van der Waals surface area contributed by atoms with Crippen LogP contribution in [0.5, 0.6) is 46.0 Å². The van der Waals surface area contributed by atoms with E-state index in [1.165, 1.54) is 79.8 Å². The first-order chi connectivity index (χ1) is 34.4. The number of nitrogens with one attached hydrogen (secondary N) is 1. The average molecular weight is 978 g/mol. The smallest absolute Gasteiger partial charge is 0.363 e. The van der Waals surface area contributed by atoms with Crippen molar-refractivity contribution in [1.82, 2.24) is 15.4 Å². The molecule has 0 aromatic heterocycles. The lowest BCUT2D eigenvalue weighted by molar-refractivity contribution is -0.173. The van der Waals surface area contributed by atoms with Crippen molar-refractivity contribution >= 4 is 47.4 Å². The minimum absolute atomic E-state index is 0.0120. The van der Waals surface area contributed by atoms with Gasteiger partial charge in [0.05, 0.1) is 16.7 Å². The Kier molecular flexibility index (Phi) is 10.9. The van der Waals surface area contributed by atoms with E-state index in [0.29, 0.717) is 55.5 Å². The molecule has 6 aliphatic heterocycles. The van der Waals surface area contributed by atoms with Crippen LogP contribution in [0.15, 0.2) is 109 Å². The number of benzene rings is 6. The van der Waals surface area contributed by atoms with Crippen molar-refractivity contribution in [2.24, 2.45) is 0 Å². The van der Waals surface area contributed by atoms with Gasteiger partial charge in [0.1, 0.15) is 46.0 Å². The highest BCUT2D eigenvalue weighted by atomic mass is 16.7. The topological polar surface area (TPSA) is 302 Å². The fraction of sp³-hybridized carbons (Fsp3) is 0.137. The second kappa shape index (κ2) is 17.0. The Hall–Kier alpha value is -9.76. The third kappa shape index (κ3) is 7.29. The first-order valence-corrected chi connectivity index (χ1v) is 21.7. The molecule has 12 rings (SSSR count). The van der Waals surface area contributed by atoms with Gasteiger partial charge in [-0.2, -0.15) is 5.06 Å². The lowest BCUT2D eigenvalue weighted by Crippen LogP contribution is -2.33. The van der Waals surface area contributed by atoms with Crippen LogP contribution in [0.3, 0.4) is 0 Å². The Labute approximate surface area is 404 Å². The van der Waals surface area contributed by atoms with Gasteiger partial charge >= 0.3 is 17.9 Å². The van der Waals surface area contributed by atoms with Crippen molar-refractivity contribution in [2.75, 3.05) is 7.05 Å². The lowest BCUT2D eigenvalue weighted by atomic mass is 9.77. The number of carbonyl (C=O) groups excluding carboxylic acids is 8. The first-order valence-electron chi connectivity index (χ1n) is 21.7. The van der Waals surface area contributed by atoms with Crippen LogP contribution in [0.2, 0.25) is 0 Å². The zero-order valence-electron chi connectivity index (χ0n) is 37.2. The van der Waals surface area contributed by atoms with Crippen LogP contribution in [0.25, 0.3) is 0 Å². The van der Waals surface area contributed by atoms with Crippen LogP contribution in [0.1, 0.15) is 100 Å². The van der Waals surface area contributed by atoms with E-state index in [1.54, 1.807) is 36.4 Å². The summed E-state index contributed by atoms with van der Waals surface area (Å²) in [4.78, 5) is 99.6. The van der Waals surface area contributed by atoms with Crippen molar-refractivity contribution < 1.29 is 87.8 Å². The molecule has 0 bridgehead atoms. The highest BCUT2D eigenvalue weighted by molar-refractivity contribution is 6.05. The summed E-state index contributed by atoms with van der Waals surface area (Å²) in [6, 6.07) is 26.8. The van der Waals surface area contributed by atoms with Crippen LogP contribution >= 0.6 is 0 Å². The monoisotopic (exact) mass is 977 g/mol. The third-order valence-corrected chi connectivity index (χ3v) is 12.5. The molecular weight excluding hydrogens is 943 g/mol. The van der Waals surface area contributed by atoms with Gasteiger partial charge in [-0.15, -0.1) is 5.06 Å². The van der Waals surface area contributed by atoms with Crippen molar-refractivity contribution in [3.63, 3.8) is 0 Å². The number of aromatic hydroxyl groups is 4. The molecule has 0 aliphatic carbocycles. The van der Waals surface area contributed by atoms with Crippen LogP contribution in [-0.2, 0) is 44.7 Å². The van der Waals surface area contributed by atoms with Gasteiger partial charge < -0.3 is 49.5 Å². The van der Waals surface area contributed by atoms with Gasteiger partial charge in [0.2, 0.25) is 0 Å². The van der Waals surface area contributed by atoms with Crippen molar-refractivity contribution in [3.8, 4) is 46.0 Å². The molecule has 6 heterocycles. The van der Waals surface area contributed by atoms with Crippen molar-refractivity contribution in [3.05, 3.63) is 165 Å². The summed E-state index contributed by atoms with van der Waals surface area (Å²) in [7, 11) is 1.51. The summed E-state index contributed by atoms with van der Waals surface area (Å²) >= 11 is 0. The van der Waals surface area contributed by atoms with Crippen molar-refractivity contribution in [2.45, 2.75) is 36.9 Å². The molecule has 362 valence electrons. The number of esters is 2. The van der Waals surface area contributed by atoms with Crippen molar-refractivity contribution in [1.29, 1.82) is 0 Å². The fourth-order valence-electron chi connectivity index (χ4n) is 9.18. The zero-order chi connectivity index (χ0) is 51.0. The number of rotatable bonds is 3. The number of carbonyl (C=O) groups is 8. The van der Waals surface area contributed by atoms with Crippen LogP contribution < -0.4 is 14.8 Å². The third-order valence-electron chi connectivity index (χ3n) is 12.5. The molecule has 2 saturated heterocycles. The summed E-state index contributed by atoms with van der Waals surface area (Å²) in [6.07, 6.45) is 0.207. The summed E-state index contributed by atoms with van der Waals surface area (Å²) in [6.45, 7) is 0. The lowest BCUT2D eigenvalue weighted by Gasteiger charge is -2.36. The number of nitrogens with zero attached hydrogens (tertiary/aromatic N) is 2. The number of hydroxylamine groups is 4. The van der Waals surface area contributed by atoms with Gasteiger partial charge in [0.25, 0.3) is 29.5 Å². The Bertz CT molecular complexity index is 3300. The van der Waals surface area contributed by atoms with E-state index < -0.39 is 52.7 Å². The van der Waals surface area contributed by atoms with Gasteiger partial charge in [0.15, 0.2) is 11.2 Å².